The second kappa shape index (κ2) is 12.3. The van der Waals surface area contributed by atoms with E-state index in [9.17, 15) is 19.8 Å². The number of likely N-dealkylation sites (tertiary alicyclic amines) is 1. The van der Waals surface area contributed by atoms with Crippen molar-refractivity contribution in [2.75, 3.05) is 37.7 Å². The lowest BCUT2D eigenvalue weighted by Gasteiger charge is -2.39. The van der Waals surface area contributed by atoms with Crippen LogP contribution in [0.15, 0.2) is 30.6 Å². The Bertz CT molecular complexity index is 1400. The lowest BCUT2D eigenvalue weighted by Crippen LogP contribution is -2.43. The topological polar surface area (TPSA) is 120 Å². The number of carbonyl (C=O) groups excluding carboxylic acids is 1. The number of aliphatic carboxylic acids is 1. The summed E-state index contributed by atoms with van der Waals surface area (Å²) in [6.07, 6.45) is 6.49. The molecule has 5 rings (SSSR count). The molecule has 2 aromatic heterocycles. The number of thiazole rings is 1. The van der Waals surface area contributed by atoms with Gasteiger partial charge in [-0.1, -0.05) is 19.1 Å². The van der Waals surface area contributed by atoms with Crippen molar-refractivity contribution in [3.8, 4) is 11.3 Å². The van der Waals surface area contributed by atoms with Gasteiger partial charge in [-0.2, -0.15) is 0 Å². The van der Waals surface area contributed by atoms with Gasteiger partial charge in [-0.3, -0.25) is 14.5 Å². The Morgan fingerprint density at radius 3 is 2.54 bits per heavy atom. The predicted octanol–water partition coefficient (Wildman–Crippen LogP) is 4.54. The number of benzene rings is 1. The molecule has 3 aromatic rings. The Morgan fingerprint density at radius 1 is 1.10 bits per heavy atom. The number of aryl methyl sites for hydroxylation is 2. The molecule has 0 radical (unpaired) electrons. The number of aliphatic hydroxyl groups excluding tert-OH is 1. The number of carboxylic acids is 1. The minimum atomic E-state index is -0.748. The summed E-state index contributed by atoms with van der Waals surface area (Å²) in [7, 11) is 0. The second-order valence-electron chi connectivity index (χ2n) is 11.9. The molecule has 2 aliphatic rings. The van der Waals surface area contributed by atoms with Gasteiger partial charge in [0.1, 0.15) is 16.5 Å². The number of anilines is 1. The molecule has 2 saturated heterocycles. The van der Waals surface area contributed by atoms with Crippen LogP contribution in [0.4, 0.5) is 5.82 Å². The van der Waals surface area contributed by atoms with Crippen molar-refractivity contribution in [3.05, 3.63) is 57.3 Å². The standard InChI is InChI=1S/C31H39N5O4S/c1-20-5-6-23(13-21(20)2)29-26(17-35-10-4-9-31(3,18-35)19-37)41-28(34-29)14-25(38)24-15-33-27(16-32-24)36-11-7-22(8-12-36)30(39)40/h5-6,13,15-16,22,37H,4,7-12,14,17-19H2,1-3H3,(H,39,40). The van der Waals surface area contributed by atoms with Gasteiger partial charge < -0.3 is 15.1 Å². The molecule has 0 aliphatic carbocycles. The number of hydrogen-bond donors (Lipinski definition) is 2. The molecule has 218 valence electrons. The third kappa shape index (κ3) is 6.82. The first-order chi connectivity index (χ1) is 19.6. The minimum Gasteiger partial charge on any atom is -0.481 e. The van der Waals surface area contributed by atoms with Crippen molar-refractivity contribution in [2.24, 2.45) is 11.3 Å². The van der Waals surface area contributed by atoms with E-state index in [1.165, 1.54) is 17.3 Å². The third-order valence-electron chi connectivity index (χ3n) is 8.53. The first-order valence-corrected chi connectivity index (χ1v) is 15.2. The third-order valence-corrected chi connectivity index (χ3v) is 9.57. The zero-order chi connectivity index (χ0) is 29.1. The first-order valence-electron chi connectivity index (χ1n) is 14.4. The summed E-state index contributed by atoms with van der Waals surface area (Å²) in [5, 5.41) is 19.9. The maximum Gasteiger partial charge on any atom is 0.306 e. The Hall–Kier alpha value is -3.21. The zero-order valence-electron chi connectivity index (χ0n) is 24.1. The van der Waals surface area contributed by atoms with Crippen LogP contribution < -0.4 is 4.90 Å². The minimum absolute atomic E-state index is 0.0979. The largest absolute Gasteiger partial charge is 0.481 e. The van der Waals surface area contributed by atoms with Crippen LogP contribution in [-0.2, 0) is 17.8 Å². The van der Waals surface area contributed by atoms with Crippen LogP contribution in [0, 0.1) is 25.2 Å². The van der Waals surface area contributed by atoms with Crippen LogP contribution in [-0.4, -0.2) is 74.6 Å². The molecule has 4 heterocycles. The quantitative estimate of drug-likeness (QED) is 0.353. The van der Waals surface area contributed by atoms with E-state index in [1.807, 2.05) is 4.90 Å². The fraction of sp³-hybridized carbons (Fsp3) is 0.516. The predicted molar refractivity (Wildman–Crippen MR) is 159 cm³/mol. The molecular formula is C31H39N5O4S. The number of rotatable bonds is 9. The fourth-order valence-corrected chi connectivity index (χ4v) is 6.94. The van der Waals surface area contributed by atoms with Crippen LogP contribution in [0.1, 0.15) is 64.1 Å². The number of piperidine rings is 2. The normalized spacial score (nSPS) is 20.3. The van der Waals surface area contributed by atoms with E-state index in [2.05, 4.69) is 53.8 Å². The fourth-order valence-electron chi connectivity index (χ4n) is 5.80. The number of hydrogen-bond acceptors (Lipinski definition) is 9. The summed E-state index contributed by atoms with van der Waals surface area (Å²) in [6, 6.07) is 6.38. The Labute approximate surface area is 245 Å². The van der Waals surface area contributed by atoms with Gasteiger partial charge in [-0.25, -0.2) is 15.0 Å². The van der Waals surface area contributed by atoms with Gasteiger partial charge in [-0.05, 0) is 63.3 Å². The van der Waals surface area contributed by atoms with Crippen molar-refractivity contribution in [3.63, 3.8) is 0 Å². The summed E-state index contributed by atoms with van der Waals surface area (Å²) in [5.41, 5.74) is 4.60. The van der Waals surface area contributed by atoms with E-state index in [-0.39, 0.29) is 30.1 Å². The number of aromatic nitrogens is 3. The second-order valence-corrected chi connectivity index (χ2v) is 13.1. The van der Waals surface area contributed by atoms with Crippen molar-refractivity contribution in [1.29, 1.82) is 0 Å². The number of aliphatic hydroxyl groups is 1. The maximum absolute atomic E-state index is 13.2. The average molecular weight is 578 g/mol. The van der Waals surface area contributed by atoms with Crippen LogP contribution in [0.25, 0.3) is 11.3 Å². The molecule has 0 amide bonds. The molecule has 1 aromatic carbocycles. The molecule has 10 heteroatoms. The average Bonchev–Trinajstić information content (AvgIpc) is 3.36. The van der Waals surface area contributed by atoms with E-state index in [1.54, 1.807) is 17.5 Å². The Morgan fingerprint density at radius 2 is 1.88 bits per heavy atom. The van der Waals surface area contributed by atoms with Gasteiger partial charge in [0.05, 0.1) is 30.4 Å². The molecule has 2 fully saturated rings. The van der Waals surface area contributed by atoms with Crippen molar-refractivity contribution in [1.82, 2.24) is 19.9 Å². The first kappa shape index (κ1) is 29.3. The highest BCUT2D eigenvalue weighted by molar-refractivity contribution is 7.12. The maximum atomic E-state index is 13.2. The lowest BCUT2D eigenvalue weighted by atomic mass is 9.83. The molecule has 2 N–H and O–H groups in total. The molecule has 9 nitrogen and oxygen atoms in total. The van der Waals surface area contributed by atoms with Crippen LogP contribution in [0.2, 0.25) is 0 Å². The Kier molecular flexibility index (Phi) is 8.82. The summed E-state index contributed by atoms with van der Waals surface area (Å²) < 4.78 is 0. The molecule has 41 heavy (non-hydrogen) atoms. The number of carbonyl (C=O) groups is 2. The summed E-state index contributed by atoms with van der Waals surface area (Å²) >= 11 is 1.58. The molecule has 0 bridgehead atoms. The molecule has 2 aliphatic heterocycles. The summed E-state index contributed by atoms with van der Waals surface area (Å²) in [6.45, 7) is 10.3. The van der Waals surface area contributed by atoms with Crippen LogP contribution in [0.5, 0.6) is 0 Å². The van der Waals surface area contributed by atoms with Crippen LogP contribution in [0.3, 0.4) is 0 Å². The highest BCUT2D eigenvalue weighted by Gasteiger charge is 2.31. The number of carboxylic acid groups (broad SMARTS) is 1. The number of ketones is 1. The molecule has 1 unspecified atom stereocenters. The van der Waals surface area contributed by atoms with E-state index >= 15 is 0 Å². The number of Topliss-reactive ketones (excluding diaryl/α,β-unsaturated/α-hetero) is 1. The molecule has 0 saturated carbocycles. The van der Waals surface area contributed by atoms with Gasteiger partial charge in [0.15, 0.2) is 5.78 Å². The molecular weight excluding hydrogens is 538 g/mol. The monoisotopic (exact) mass is 577 g/mol. The van der Waals surface area contributed by atoms with Crippen molar-refractivity contribution >= 4 is 28.9 Å². The van der Waals surface area contributed by atoms with Gasteiger partial charge >= 0.3 is 5.97 Å². The van der Waals surface area contributed by atoms with Gasteiger partial charge in [0, 0.05) is 48.6 Å². The number of nitrogens with zero attached hydrogens (tertiary/aromatic N) is 5. The van der Waals surface area contributed by atoms with Gasteiger partial charge in [-0.15, -0.1) is 11.3 Å². The highest BCUT2D eigenvalue weighted by atomic mass is 32.1. The van der Waals surface area contributed by atoms with Crippen molar-refractivity contribution < 1.29 is 19.8 Å². The van der Waals surface area contributed by atoms with E-state index < -0.39 is 5.97 Å². The lowest BCUT2D eigenvalue weighted by molar-refractivity contribution is -0.142. The molecule has 1 atom stereocenters. The summed E-state index contributed by atoms with van der Waals surface area (Å²) in [4.78, 5) is 43.9. The van der Waals surface area contributed by atoms with Gasteiger partial charge in [0.25, 0.3) is 0 Å². The highest BCUT2D eigenvalue weighted by Crippen LogP contribution is 2.35. The van der Waals surface area contributed by atoms with E-state index in [0.717, 1.165) is 53.6 Å². The van der Waals surface area contributed by atoms with Crippen LogP contribution >= 0.6 is 11.3 Å². The van der Waals surface area contributed by atoms with E-state index in [0.29, 0.717) is 37.4 Å². The Balaban J connectivity index is 1.32. The smallest absolute Gasteiger partial charge is 0.306 e. The van der Waals surface area contributed by atoms with Gasteiger partial charge in [0.2, 0.25) is 0 Å². The zero-order valence-corrected chi connectivity index (χ0v) is 24.9. The SMILES string of the molecule is Cc1ccc(-c2nc(CC(=O)c3cnc(N4CCC(C(=O)O)CC4)cn3)sc2CN2CCCC(C)(CO)C2)cc1C. The summed E-state index contributed by atoms with van der Waals surface area (Å²) in [5.74, 6) is -0.532. The van der Waals surface area contributed by atoms with E-state index in [4.69, 9.17) is 4.98 Å². The van der Waals surface area contributed by atoms with Crippen molar-refractivity contribution in [2.45, 2.75) is 59.4 Å². The molecule has 0 spiro atoms.